The number of hydrogen-bond acceptors (Lipinski definition) is 6. The molecule has 0 spiro atoms. The summed E-state index contributed by atoms with van der Waals surface area (Å²) in [6.45, 7) is 4.36. The minimum absolute atomic E-state index is 0.00661. The lowest BCUT2D eigenvalue weighted by molar-refractivity contribution is -0.125. The number of hydrogen-bond donors (Lipinski definition) is 1. The average molecular weight is 491 g/mol. The summed E-state index contributed by atoms with van der Waals surface area (Å²) >= 11 is 1.71. The number of ether oxygens (including phenoxy) is 2. The van der Waals surface area contributed by atoms with Gasteiger partial charge in [-0.25, -0.2) is 8.42 Å². The standard InChI is InChI=1S/C24H30N2O5S2/c1-18-3-5-20(6-4-18)32-16-11-25-24(27)19-9-12-26(13-10-19)33(28,29)21-7-8-22-23(17-21)31-15-2-14-30-22/h3-8,17,19H,2,9-16H2,1H3,(H,25,27). The molecule has 0 aromatic heterocycles. The van der Waals surface area contributed by atoms with Crippen LogP contribution in [0.15, 0.2) is 52.3 Å². The third kappa shape index (κ3) is 6.02. The van der Waals surface area contributed by atoms with Crippen molar-refractivity contribution in [3.8, 4) is 11.5 Å². The van der Waals surface area contributed by atoms with Crippen molar-refractivity contribution in [3.63, 3.8) is 0 Å². The van der Waals surface area contributed by atoms with Crippen molar-refractivity contribution in [1.82, 2.24) is 9.62 Å². The number of aryl methyl sites for hydroxylation is 1. The van der Waals surface area contributed by atoms with E-state index in [2.05, 4.69) is 36.5 Å². The van der Waals surface area contributed by atoms with Crippen LogP contribution in [0.3, 0.4) is 0 Å². The molecular weight excluding hydrogens is 460 g/mol. The molecule has 1 amide bonds. The number of benzene rings is 2. The van der Waals surface area contributed by atoms with Crippen molar-refractivity contribution >= 4 is 27.7 Å². The van der Waals surface area contributed by atoms with E-state index in [1.54, 1.807) is 30.0 Å². The van der Waals surface area contributed by atoms with Crippen LogP contribution < -0.4 is 14.8 Å². The van der Waals surface area contributed by atoms with Crippen LogP contribution >= 0.6 is 11.8 Å². The SMILES string of the molecule is Cc1ccc(SCCNC(=O)C2CCN(S(=O)(=O)c3ccc4c(c3)OCCCO4)CC2)cc1. The highest BCUT2D eigenvalue weighted by molar-refractivity contribution is 7.99. The fraction of sp³-hybridized carbons (Fsp3) is 0.458. The highest BCUT2D eigenvalue weighted by Gasteiger charge is 2.32. The van der Waals surface area contributed by atoms with Crippen LogP contribution in [0.5, 0.6) is 11.5 Å². The van der Waals surface area contributed by atoms with E-state index in [4.69, 9.17) is 9.47 Å². The monoisotopic (exact) mass is 490 g/mol. The minimum atomic E-state index is -3.65. The molecule has 2 aliphatic rings. The van der Waals surface area contributed by atoms with Crippen LogP contribution in [-0.4, -0.2) is 57.2 Å². The predicted octanol–water partition coefficient (Wildman–Crippen LogP) is 3.47. The van der Waals surface area contributed by atoms with Gasteiger partial charge in [-0.2, -0.15) is 4.31 Å². The van der Waals surface area contributed by atoms with Crippen molar-refractivity contribution in [2.24, 2.45) is 5.92 Å². The molecule has 9 heteroatoms. The summed E-state index contributed by atoms with van der Waals surface area (Å²) in [4.78, 5) is 13.9. The van der Waals surface area contributed by atoms with Gasteiger partial charge in [0.1, 0.15) is 0 Å². The molecule has 7 nitrogen and oxygen atoms in total. The molecule has 2 aliphatic heterocycles. The number of carbonyl (C=O) groups excluding carboxylic acids is 1. The number of piperidine rings is 1. The Hall–Kier alpha value is -2.23. The molecule has 4 rings (SSSR count). The van der Waals surface area contributed by atoms with E-state index in [1.807, 2.05) is 0 Å². The fourth-order valence-corrected chi connectivity index (χ4v) is 6.19. The Morgan fingerprint density at radius 3 is 2.48 bits per heavy atom. The number of sulfonamides is 1. The fourth-order valence-electron chi connectivity index (χ4n) is 3.93. The van der Waals surface area contributed by atoms with Crippen molar-refractivity contribution < 1.29 is 22.7 Å². The maximum Gasteiger partial charge on any atom is 0.243 e. The summed E-state index contributed by atoms with van der Waals surface area (Å²) in [5, 5.41) is 3.00. The minimum Gasteiger partial charge on any atom is -0.490 e. The second-order valence-electron chi connectivity index (χ2n) is 8.29. The van der Waals surface area contributed by atoms with Gasteiger partial charge in [-0.3, -0.25) is 4.79 Å². The first-order valence-electron chi connectivity index (χ1n) is 11.3. The summed E-state index contributed by atoms with van der Waals surface area (Å²) < 4.78 is 38.9. The summed E-state index contributed by atoms with van der Waals surface area (Å²) in [5.74, 6) is 1.68. The van der Waals surface area contributed by atoms with Crippen LogP contribution in [0.2, 0.25) is 0 Å². The Kier molecular flexibility index (Phi) is 7.82. The van der Waals surface area contributed by atoms with Crippen molar-refractivity contribution in [3.05, 3.63) is 48.0 Å². The molecule has 0 radical (unpaired) electrons. The van der Waals surface area contributed by atoms with Crippen molar-refractivity contribution in [1.29, 1.82) is 0 Å². The van der Waals surface area contributed by atoms with E-state index in [0.29, 0.717) is 57.2 Å². The number of amides is 1. The normalized spacial score (nSPS) is 17.4. The van der Waals surface area contributed by atoms with Gasteiger partial charge in [0, 0.05) is 48.7 Å². The zero-order valence-corrected chi connectivity index (χ0v) is 20.4. The number of rotatable bonds is 7. The van der Waals surface area contributed by atoms with Gasteiger partial charge in [-0.15, -0.1) is 11.8 Å². The third-order valence-electron chi connectivity index (χ3n) is 5.87. The summed E-state index contributed by atoms with van der Waals surface area (Å²) in [6.07, 6.45) is 1.79. The highest BCUT2D eigenvalue weighted by Crippen LogP contribution is 2.33. The van der Waals surface area contributed by atoms with Crippen LogP contribution in [0.1, 0.15) is 24.8 Å². The van der Waals surface area contributed by atoms with Crippen LogP contribution in [0, 0.1) is 12.8 Å². The molecule has 0 atom stereocenters. The van der Waals surface area contributed by atoms with Gasteiger partial charge in [0.25, 0.3) is 0 Å². The Labute approximate surface area is 199 Å². The van der Waals surface area contributed by atoms with E-state index in [9.17, 15) is 13.2 Å². The molecule has 0 saturated carbocycles. The zero-order valence-electron chi connectivity index (χ0n) is 18.8. The van der Waals surface area contributed by atoms with Crippen molar-refractivity contribution in [2.75, 3.05) is 38.6 Å². The van der Waals surface area contributed by atoms with Gasteiger partial charge in [0.2, 0.25) is 15.9 Å². The lowest BCUT2D eigenvalue weighted by atomic mass is 9.97. The Bertz CT molecular complexity index is 1060. The van der Waals surface area contributed by atoms with Crippen LogP contribution in [0.25, 0.3) is 0 Å². The number of nitrogens with zero attached hydrogens (tertiary/aromatic N) is 1. The number of thioether (sulfide) groups is 1. The average Bonchev–Trinajstić information content (AvgIpc) is 3.08. The van der Waals surface area contributed by atoms with E-state index >= 15 is 0 Å². The zero-order chi connectivity index (χ0) is 23.3. The molecule has 0 unspecified atom stereocenters. The third-order valence-corrected chi connectivity index (χ3v) is 8.78. The predicted molar refractivity (Wildman–Crippen MR) is 128 cm³/mol. The van der Waals surface area contributed by atoms with Crippen LogP contribution in [-0.2, 0) is 14.8 Å². The second kappa shape index (κ2) is 10.8. The van der Waals surface area contributed by atoms with Gasteiger partial charge in [-0.05, 0) is 44.0 Å². The first kappa shape index (κ1) is 23.9. The molecule has 178 valence electrons. The Balaban J connectivity index is 1.26. The molecule has 2 aromatic rings. The molecule has 0 aliphatic carbocycles. The molecule has 1 saturated heterocycles. The topological polar surface area (TPSA) is 84.9 Å². The summed E-state index contributed by atoms with van der Waals surface area (Å²) in [5.41, 5.74) is 1.23. The van der Waals surface area contributed by atoms with Gasteiger partial charge in [-0.1, -0.05) is 17.7 Å². The smallest absolute Gasteiger partial charge is 0.243 e. The van der Waals surface area contributed by atoms with Crippen LogP contribution in [0.4, 0.5) is 0 Å². The molecule has 2 aromatic carbocycles. The summed E-state index contributed by atoms with van der Waals surface area (Å²) in [6, 6.07) is 13.1. The molecule has 33 heavy (non-hydrogen) atoms. The molecule has 1 N–H and O–H groups in total. The van der Waals surface area contributed by atoms with E-state index in [-0.39, 0.29) is 16.7 Å². The molecule has 1 fully saturated rings. The van der Waals surface area contributed by atoms with Gasteiger partial charge >= 0.3 is 0 Å². The van der Waals surface area contributed by atoms with Gasteiger partial charge < -0.3 is 14.8 Å². The number of nitrogens with one attached hydrogen (secondary N) is 1. The quantitative estimate of drug-likeness (QED) is 0.473. The van der Waals surface area contributed by atoms with Gasteiger partial charge in [0.15, 0.2) is 11.5 Å². The Morgan fingerprint density at radius 1 is 1.06 bits per heavy atom. The highest BCUT2D eigenvalue weighted by atomic mass is 32.2. The lowest BCUT2D eigenvalue weighted by Crippen LogP contribution is -2.43. The lowest BCUT2D eigenvalue weighted by Gasteiger charge is -2.30. The van der Waals surface area contributed by atoms with E-state index in [1.165, 1.54) is 14.8 Å². The second-order valence-corrected chi connectivity index (χ2v) is 11.4. The Morgan fingerprint density at radius 2 is 1.76 bits per heavy atom. The molecule has 2 heterocycles. The number of fused-ring (bicyclic) bond motifs is 1. The largest absolute Gasteiger partial charge is 0.490 e. The first-order valence-corrected chi connectivity index (χ1v) is 13.7. The number of carbonyl (C=O) groups is 1. The molecule has 0 bridgehead atoms. The first-order chi connectivity index (χ1) is 15.9. The summed E-state index contributed by atoms with van der Waals surface area (Å²) in [7, 11) is -3.65. The van der Waals surface area contributed by atoms with Gasteiger partial charge in [0.05, 0.1) is 18.1 Å². The van der Waals surface area contributed by atoms with E-state index < -0.39 is 10.0 Å². The maximum atomic E-state index is 13.1. The van der Waals surface area contributed by atoms with Crippen molar-refractivity contribution in [2.45, 2.75) is 36.0 Å². The molecular formula is C24H30N2O5S2. The van der Waals surface area contributed by atoms with E-state index in [0.717, 1.165) is 12.2 Å². The maximum absolute atomic E-state index is 13.1.